The number of aliphatic imine (C=N–C) groups is 1. The van der Waals surface area contributed by atoms with Crippen molar-refractivity contribution >= 4 is 34.8 Å². The van der Waals surface area contributed by atoms with Crippen molar-refractivity contribution in [2.75, 3.05) is 5.01 Å². The van der Waals surface area contributed by atoms with Crippen LogP contribution in [0.4, 0.5) is 5.69 Å². The molecule has 0 aliphatic carbocycles. The molecule has 2 aromatic rings. The number of aromatic nitrogens is 1. The van der Waals surface area contributed by atoms with Crippen LogP contribution in [0, 0.1) is 0 Å². The van der Waals surface area contributed by atoms with E-state index in [9.17, 15) is 4.79 Å². The molecule has 0 saturated carbocycles. The highest BCUT2D eigenvalue weighted by Gasteiger charge is 2.18. The molecule has 0 amide bonds. The number of benzene rings is 1. The first kappa shape index (κ1) is 18.2. The van der Waals surface area contributed by atoms with Crippen molar-refractivity contribution in [3.8, 4) is 11.5 Å². The highest BCUT2D eigenvalue weighted by atomic mass is 35.5. The molecule has 3 N–H and O–H groups in total. The maximum Gasteiger partial charge on any atom is 0.251 e. The van der Waals surface area contributed by atoms with Crippen molar-refractivity contribution in [1.29, 1.82) is 0 Å². The molecular weight excluding hydrogens is 377 g/mol. The van der Waals surface area contributed by atoms with E-state index in [-0.39, 0.29) is 23.3 Å². The van der Waals surface area contributed by atoms with Gasteiger partial charge in [-0.1, -0.05) is 23.2 Å². The standard InChI is InChI=1S/C17H17Cl2N5O2/c1-10(2)23-9-12(3-4-15(23)25)26-16-13(18)7-11(8-14(16)19)24-17(20)21-5-6-22-24/h3-10,22H,1-2H3,(H2,20,21). The van der Waals surface area contributed by atoms with Gasteiger partial charge in [0.1, 0.15) is 5.75 Å². The number of guanidine groups is 1. The summed E-state index contributed by atoms with van der Waals surface area (Å²) in [4.78, 5) is 15.9. The summed E-state index contributed by atoms with van der Waals surface area (Å²) in [7, 11) is 0. The van der Waals surface area contributed by atoms with Gasteiger partial charge in [0.05, 0.1) is 21.9 Å². The van der Waals surface area contributed by atoms with Crippen LogP contribution in [0.15, 0.2) is 52.6 Å². The third-order valence-corrected chi connectivity index (χ3v) is 4.20. The second-order valence-corrected chi connectivity index (χ2v) is 6.63. The Morgan fingerprint density at radius 2 is 1.92 bits per heavy atom. The minimum atomic E-state index is -0.112. The Balaban J connectivity index is 1.92. The largest absolute Gasteiger partial charge is 0.453 e. The van der Waals surface area contributed by atoms with Crippen LogP contribution in [0.2, 0.25) is 10.0 Å². The van der Waals surface area contributed by atoms with E-state index in [0.29, 0.717) is 21.5 Å². The van der Waals surface area contributed by atoms with Crippen LogP contribution >= 0.6 is 23.2 Å². The van der Waals surface area contributed by atoms with Gasteiger partial charge in [0.15, 0.2) is 5.75 Å². The van der Waals surface area contributed by atoms with Crippen molar-refractivity contribution in [2.45, 2.75) is 19.9 Å². The van der Waals surface area contributed by atoms with Crippen molar-refractivity contribution < 1.29 is 4.74 Å². The van der Waals surface area contributed by atoms with Gasteiger partial charge in [-0.3, -0.25) is 10.2 Å². The summed E-state index contributed by atoms with van der Waals surface area (Å²) in [6.07, 6.45) is 4.78. The lowest BCUT2D eigenvalue weighted by molar-refractivity contribution is 0.466. The SMILES string of the molecule is CC(C)n1cc(Oc2c(Cl)cc(N3NC=CN=C3N)cc2Cl)ccc1=O. The molecule has 0 unspecified atom stereocenters. The lowest BCUT2D eigenvalue weighted by Crippen LogP contribution is -2.46. The molecule has 1 aliphatic rings. The first-order valence-electron chi connectivity index (χ1n) is 7.80. The van der Waals surface area contributed by atoms with Crippen LogP contribution in [-0.4, -0.2) is 10.5 Å². The van der Waals surface area contributed by atoms with Crippen molar-refractivity contribution in [2.24, 2.45) is 10.7 Å². The summed E-state index contributed by atoms with van der Waals surface area (Å²) in [6.45, 7) is 3.82. The zero-order valence-electron chi connectivity index (χ0n) is 14.1. The molecule has 0 spiro atoms. The maximum atomic E-state index is 11.9. The van der Waals surface area contributed by atoms with Gasteiger partial charge in [0, 0.05) is 24.5 Å². The molecule has 1 aromatic carbocycles. The highest BCUT2D eigenvalue weighted by molar-refractivity contribution is 6.37. The number of halogens is 2. The Hall–Kier alpha value is -2.64. The highest BCUT2D eigenvalue weighted by Crippen LogP contribution is 2.39. The van der Waals surface area contributed by atoms with Crippen LogP contribution in [-0.2, 0) is 0 Å². The van der Waals surface area contributed by atoms with Gasteiger partial charge in [-0.05, 0) is 32.0 Å². The Kier molecular flexibility index (Phi) is 5.11. The summed E-state index contributed by atoms with van der Waals surface area (Å²) in [6, 6.07) is 6.31. The number of pyridine rings is 1. The number of rotatable bonds is 4. The Morgan fingerprint density at radius 3 is 2.54 bits per heavy atom. The molecule has 0 saturated heterocycles. The number of hydrogen-bond acceptors (Lipinski definition) is 6. The Morgan fingerprint density at radius 1 is 1.23 bits per heavy atom. The zero-order chi connectivity index (χ0) is 18.8. The zero-order valence-corrected chi connectivity index (χ0v) is 15.6. The van der Waals surface area contributed by atoms with E-state index < -0.39 is 0 Å². The molecule has 136 valence electrons. The molecule has 2 heterocycles. The number of hydrazine groups is 1. The molecule has 7 nitrogen and oxygen atoms in total. The summed E-state index contributed by atoms with van der Waals surface area (Å²) in [5, 5.41) is 2.11. The average Bonchev–Trinajstić information content (AvgIpc) is 2.59. The number of ether oxygens (including phenoxy) is 1. The lowest BCUT2D eigenvalue weighted by Gasteiger charge is -2.25. The smallest absolute Gasteiger partial charge is 0.251 e. The summed E-state index contributed by atoms with van der Waals surface area (Å²) >= 11 is 12.7. The summed E-state index contributed by atoms with van der Waals surface area (Å²) < 4.78 is 7.38. The summed E-state index contributed by atoms with van der Waals surface area (Å²) in [5.74, 6) is 0.987. The average molecular weight is 394 g/mol. The number of nitrogens with one attached hydrogen (secondary N) is 1. The van der Waals surface area contributed by atoms with Gasteiger partial charge in [0.25, 0.3) is 5.56 Å². The monoisotopic (exact) mass is 393 g/mol. The van der Waals surface area contributed by atoms with E-state index in [1.165, 1.54) is 17.3 Å². The molecular formula is C17H17Cl2N5O2. The van der Waals surface area contributed by atoms with Crippen molar-refractivity contribution in [3.05, 3.63) is 63.3 Å². The Labute approximate surface area is 160 Å². The normalized spacial score (nSPS) is 13.6. The number of nitrogens with two attached hydrogens (primary N) is 1. The van der Waals surface area contributed by atoms with E-state index in [4.69, 9.17) is 33.7 Å². The van der Waals surface area contributed by atoms with Gasteiger partial charge in [-0.25, -0.2) is 10.0 Å². The van der Waals surface area contributed by atoms with Gasteiger partial charge in [0.2, 0.25) is 5.96 Å². The fourth-order valence-electron chi connectivity index (χ4n) is 2.39. The minimum absolute atomic E-state index is 0.000127. The summed E-state index contributed by atoms with van der Waals surface area (Å²) in [5.41, 5.74) is 9.27. The van der Waals surface area contributed by atoms with Crippen LogP contribution in [0.5, 0.6) is 11.5 Å². The predicted molar refractivity (Wildman–Crippen MR) is 104 cm³/mol. The third-order valence-electron chi connectivity index (χ3n) is 3.64. The predicted octanol–water partition coefficient (Wildman–Crippen LogP) is 3.64. The van der Waals surface area contributed by atoms with Gasteiger partial charge < -0.3 is 15.0 Å². The number of nitrogens with zero attached hydrogens (tertiary/aromatic N) is 3. The molecule has 0 atom stereocenters. The van der Waals surface area contributed by atoms with Crippen LogP contribution in [0.1, 0.15) is 19.9 Å². The Bertz CT molecular complexity index is 929. The topological polar surface area (TPSA) is 84.9 Å². The maximum absolute atomic E-state index is 11.9. The molecule has 26 heavy (non-hydrogen) atoms. The van der Waals surface area contributed by atoms with E-state index in [1.54, 1.807) is 35.2 Å². The molecule has 1 aliphatic heterocycles. The molecule has 0 fully saturated rings. The fourth-order valence-corrected chi connectivity index (χ4v) is 2.94. The van der Waals surface area contributed by atoms with E-state index in [1.807, 2.05) is 13.8 Å². The van der Waals surface area contributed by atoms with E-state index in [0.717, 1.165) is 0 Å². The fraction of sp³-hybridized carbons (Fsp3) is 0.176. The van der Waals surface area contributed by atoms with Crippen LogP contribution in [0.3, 0.4) is 0 Å². The second-order valence-electron chi connectivity index (χ2n) is 5.81. The molecule has 1 aromatic heterocycles. The molecule has 0 radical (unpaired) electrons. The third kappa shape index (κ3) is 3.63. The van der Waals surface area contributed by atoms with Crippen molar-refractivity contribution in [1.82, 2.24) is 9.99 Å². The molecule has 3 rings (SSSR count). The van der Waals surface area contributed by atoms with Crippen LogP contribution in [0.25, 0.3) is 0 Å². The van der Waals surface area contributed by atoms with Gasteiger partial charge in [-0.2, -0.15) is 0 Å². The molecule has 9 heteroatoms. The van der Waals surface area contributed by atoms with E-state index >= 15 is 0 Å². The molecule has 0 bridgehead atoms. The second kappa shape index (κ2) is 7.31. The van der Waals surface area contributed by atoms with Gasteiger partial charge in [-0.15, -0.1) is 0 Å². The number of hydrogen-bond donors (Lipinski definition) is 2. The van der Waals surface area contributed by atoms with E-state index in [2.05, 4.69) is 10.4 Å². The van der Waals surface area contributed by atoms with Crippen molar-refractivity contribution in [3.63, 3.8) is 0 Å². The lowest BCUT2D eigenvalue weighted by atomic mass is 10.3. The first-order valence-corrected chi connectivity index (χ1v) is 8.56. The van der Waals surface area contributed by atoms with Crippen LogP contribution < -0.4 is 26.5 Å². The number of anilines is 1. The first-order chi connectivity index (χ1) is 12.4. The van der Waals surface area contributed by atoms with Gasteiger partial charge >= 0.3 is 0 Å². The minimum Gasteiger partial charge on any atom is -0.453 e. The quantitative estimate of drug-likeness (QED) is 0.827.